The van der Waals surface area contributed by atoms with Crippen LogP contribution in [0.1, 0.15) is 48.9 Å². The number of carbonyl (C=O) groups excluding carboxylic acids is 2. The number of para-hydroxylation sites is 1. The van der Waals surface area contributed by atoms with Crippen LogP contribution in [0.15, 0.2) is 48.2 Å². The number of ether oxygens (including phenoxy) is 1. The van der Waals surface area contributed by atoms with E-state index in [0.717, 1.165) is 41.3 Å². The average molecular weight is 467 g/mol. The molecule has 0 aliphatic carbocycles. The van der Waals surface area contributed by atoms with E-state index in [9.17, 15) is 14.7 Å². The Morgan fingerprint density at radius 1 is 1.21 bits per heavy atom. The first-order valence-corrected chi connectivity index (χ1v) is 11.5. The molecule has 33 heavy (non-hydrogen) atoms. The quantitative estimate of drug-likeness (QED) is 0.201. The predicted molar refractivity (Wildman–Crippen MR) is 130 cm³/mol. The molecule has 0 bridgehead atoms. The first-order chi connectivity index (χ1) is 15.9. The van der Waals surface area contributed by atoms with E-state index in [1.54, 1.807) is 17.0 Å². The van der Waals surface area contributed by atoms with Crippen molar-refractivity contribution >= 4 is 40.0 Å². The number of H-pyrrole nitrogens is 1. The Morgan fingerprint density at radius 3 is 2.70 bits per heavy atom. The SMILES string of the molecule is CCCCCN1C(=O)C(=O)/C(=C(/O)c2cc(C)cc(Cl)c2OC)C1c1c[nH]c2ccccc12. The molecular weight excluding hydrogens is 440 g/mol. The van der Waals surface area contributed by atoms with Crippen LogP contribution >= 0.6 is 11.6 Å². The topological polar surface area (TPSA) is 82.6 Å². The van der Waals surface area contributed by atoms with Gasteiger partial charge in [0, 0.05) is 29.2 Å². The molecule has 2 aromatic carbocycles. The van der Waals surface area contributed by atoms with Crippen LogP contribution in [-0.2, 0) is 9.59 Å². The maximum absolute atomic E-state index is 13.3. The van der Waals surface area contributed by atoms with Crippen LogP contribution in [-0.4, -0.2) is 40.3 Å². The molecular formula is C26H27ClN2O4. The highest BCUT2D eigenvalue weighted by molar-refractivity contribution is 6.46. The number of carbonyl (C=O) groups is 2. The minimum absolute atomic E-state index is 0.0428. The standard InChI is InChI=1S/C26H27ClN2O4/c1-4-5-8-11-29-22(18-14-28-20-10-7-6-9-16(18)20)21(24(31)26(29)32)23(30)17-12-15(2)13-19(27)25(17)33-3/h6-7,9-10,12-14,22,28,30H,4-5,8,11H2,1-3H3/b23-21+. The van der Waals surface area contributed by atoms with Crippen molar-refractivity contribution in [2.24, 2.45) is 0 Å². The van der Waals surface area contributed by atoms with Gasteiger partial charge in [-0.15, -0.1) is 0 Å². The Kier molecular flexibility index (Phi) is 6.47. The number of aromatic nitrogens is 1. The van der Waals surface area contributed by atoms with Gasteiger partial charge in [0.05, 0.1) is 29.3 Å². The highest BCUT2D eigenvalue weighted by Gasteiger charge is 2.46. The number of halogens is 1. The number of unbranched alkanes of at least 4 members (excludes halogenated alkanes) is 2. The van der Waals surface area contributed by atoms with Gasteiger partial charge in [-0.2, -0.15) is 0 Å². The summed E-state index contributed by atoms with van der Waals surface area (Å²) in [6, 6.07) is 10.4. The van der Waals surface area contributed by atoms with Gasteiger partial charge in [-0.05, 0) is 37.1 Å². The fraction of sp³-hybridized carbons (Fsp3) is 0.308. The number of aromatic amines is 1. The summed E-state index contributed by atoms with van der Waals surface area (Å²) in [7, 11) is 1.45. The van der Waals surface area contributed by atoms with Crippen molar-refractivity contribution < 1.29 is 19.4 Å². The lowest BCUT2D eigenvalue weighted by Crippen LogP contribution is -2.30. The Morgan fingerprint density at radius 2 is 1.97 bits per heavy atom. The van der Waals surface area contributed by atoms with E-state index in [4.69, 9.17) is 16.3 Å². The summed E-state index contributed by atoms with van der Waals surface area (Å²) in [5.74, 6) is -1.35. The highest BCUT2D eigenvalue weighted by atomic mass is 35.5. The molecule has 2 heterocycles. The predicted octanol–water partition coefficient (Wildman–Crippen LogP) is 5.75. The molecule has 3 aromatic rings. The smallest absolute Gasteiger partial charge is 0.295 e. The van der Waals surface area contributed by atoms with E-state index in [0.29, 0.717) is 17.1 Å². The number of nitrogens with one attached hydrogen (secondary N) is 1. The summed E-state index contributed by atoms with van der Waals surface area (Å²) >= 11 is 6.35. The molecule has 1 atom stereocenters. The number of aliphatic hydroxyl groups is 1. The Balaban J connectivity index is 1.95. The molecule has 2 N–H and O–H groups in total. The van der Waals surface area contributed by atoms with Crippen LogP contribution in [0.4, 0.5) is 0 Å². The van der Waals surface area contributed by atoms with Crippen molar-refractivity contribution in [3.05, 3.63) is 69.9 Å². The fourth-order valence-electron chi connectivity index (χ4n) is 4.54. The molecule has 6 nitrogen and oxygen atoms in total. The number of nitrogens with zero attached hydrogens (tertiary/aromatic N) is 1. The van der Waals surface area contributed by atoms with E-state index in [2.05, 4.69) is 11.9 Å². The van der Waals surface area contributed by atoms with E-state index in [-0.39, 0.29) is 17.1 Å². The summed E-state index contributed by atoms with van der Waals surface area (Å²) in [5.41, 5.74) is 2.78. The number of benzene rings is 2. The summed E-state index contributed by atoms with van der Waals surface area (Å²) in [6.07, 6.45) is 4.50. The van der Waals surface area contributed by atoms with Gasteiger partial charge in [-0.25, -0.2) is 0 Å². The zero-order chi connectivity index (χ0) is 23.7. The van der Waals surface area contributed by atoms with Crippen LogP contribution in [0.5, 0.6) is 5.75 Å². The number of amides is 1. The monoisotopic (exact) mass is 466 g/mol. The molecule has 0 saturated carbocycles. The first-order valence-electron chi connectivity index (χ1n) is 11.1. The van der Waals surface area contributed by atoms with Crippen molar-refractivity contribution in [3.8, 4) is 5.75 Å². The number of hydrogen-bond donors (Lipinski definition) is 2. The second kappa shape index (κ2) is 9.32. The molecule has 1 aliphatic heterocycles. The first kappa shape index (κ1) is 22.9. The van der Waals surface area contributed by atoms with Crippen molar-refractivity contribution in [1.29, 1.82) is 0 Å². The largest absolute Gasteiger partial charge is 0.507 e. The maximum atomic E-state index is 13.3. The van der Waals surface area contributed by atoms with E-state index in [1.807, 2.05) is 37.4 Å². The van der Waals surface area contributed by atoms with Crippen LogP contribution < -0.4 is 4.74 Å². The number of fused-ring (bicyclic) bond motifs is 1. The van der Waals surface area contributed by atoms with Crippen LogP contribution in [0, 0.1) is 6.92 Å². The Labute approximate surface area is 197 Å². The normalized spacial score (nSPS) is 17.8. The molecule has 4 rings (SSSR count). The number of ketones is 1. The molecule has 0 radical (unpaired) electrons. The lowest BCUT2D eigenvalue weighted by atomic mass is 9.94. The van der Waals surface area contributed by atoms with Gasteiger partial charge >= 0.3 is 0 Å². The minimum atomic E-state index is -0.720. The molecule has 172 valence electrons. The van der Waals surface area contributed by atoms with Gasteiger partial charge in [-0.3, -0.25) is 9.59 Å². The van der Waals surface area contributed by atoms with Gasteiger partial charge < -0.3 is 19.7 Å². The number of aliphatic hydroxyl groups excluding tert-OH is 1. The van der Waals surface area contributed by atoms with E-state index >= 15 is 0 Å². The number of rotatable bonds is 7. The maximum Gasteiger partial charge on any atom is 0.295 e. The third-order valence-corrected chi connectivity index (χ3v) is 6.39. The van der Waals surface area contributed by atoms with Crippen molar-refractivity contribution in [2.75, 3.05) is 13.7 Å². The van der Waals surface area contributed by atoms with Gasteiger partial charge in [0.15, 0.2) is 0 Å². The van der Waals surface area contributed by atoms with Crippen LogP contribution in [0.25, 0.3) is 16.7 Å². The van der Waals surface area contributed by atoms with Crippen LogP contribution in [0.2, 0.25) is 5.02 Å². The molecule has 1 amide bonds. The van der Waals surface area contributed by atoms with Gasteiger partial charge in [-0.1, -0.05) is 49.6 Å². The number of aryl methyl sites for hydroxylation is 1. The molecule has 1 fully saturated rings. The number of hydrogen-bond acceptors (Lipinski definition) is 4. The van der Waals surface area contributed by atoms with Crippen molar-refractivity contribution in [2.45, 2.75) is 39.2 Å². The fourth-order valence-corrected chi connectivity index (χ4v) is 4.89. The Hall–Kier alpha value is -3.25. The van der Waals surface area contributed by atoms with Crippen molar-refractivity contribution in [1.82, 2.24) is 9.88 Å². The minimum Gasteiger partial charge on any atom is -0.507 e. The summed E-state index contributed by atoms with van der Waals surface area (Å²) in [5, 5.41) is 12.6. The molecule has 1 aromatic heterocycles. The lowest BCUT2D eigenvalue weighted by molar-refractivity contribution is -0.139. The second-order valence-corrected chi connectivity index (χ2v) is 8.72. The number of Topliss-reactive ketones (excluding diaryl/α,β-unsaturated/α-hetero) is 1. The molecule has 0 spiro atoms. The molecule has 1 saturated heterocycles. The number of likely N-dealkylation sites (tertiary alicyclic amines) is 1. The molecule has 1 aliphatic rings. The molecule has 1 unspecified atom stereocenters. The third kappa shape index (κ3) is 4.00. The summed E-state index contributed by atoms with van der Waals surface area (Å²) < 4.78 is 5.43. The van der Waals surface area contributed by atoms with Gasteiger partial charge in [0.1, 0.15) is 11.5 Å². The van der Waals surface area contributed by atoms with Crippen molar-refractivity contribution in [3.63, 3.8) is 0 Å². The summed E-state index contributed by atoms with van der Waals surface area (Å²) in [6.45, 7) is 4.34. The summed E-state index contributed by atoms with van der Waals surface area (Å²) in [4.78, 5) is 31.2. The lowest BCUT2D eigenvalue weighted by Gasteiger charge is -2.25. The number of methoxy groups -OCH3 is 1. The third-order valence-electron chi connectivity index (χ3n) is 6.11. The average Bonchev–Trinajstić information content (AvgIpc) is 3.32. The second-order valence-electron chi connectivity index (χ2n) is 8.32. The Bertz CT molecular complexity index is 1260. The van der Waals surface area contributed by atoms with E-state index < -0.39 is 17.7 Å². The van der Waals surface area contributed by atoms with Crippen LogP contribution in [0.3, 0.4) is 0 Å². The molecule has 7 heteroatoms. The van der Waals surface area contributed by atoms with E-state index in [1.165, 1.54) is 7.11 Å². The zero-order valence-electron chi connectivity index (χ0n) is 18.9. The van der Waals surface area contributed by atoms with Gasteiger partial charge in [0.2, 0.25) is 0 Å². The zero-order valence-corrected chi connectivity index (χ0v) is 19.7. The van der Waals surface area contributed by atoms with Gasteiger partial charge in [0.25, 0.3) is 11.7 Å². The highest BCUT2D eigenvalue weighted by Crippen LogP contribution is 2.44.